The van der Waals surface area contributed by atoms with Crippen LogP contribution in [0.25, 0.3) is 11.4 Å². The van der Waals surface area contributed by atoms with Crippen LogP contribution in [-0.4, -0.2) is 29.2 Å². The van der Waals surface area contributed by atoms with E-state index < -0.39 is 0 Å². The molecule has 104 valence electrons. The highest BCUT2D eigenvalue weighted by Gasteiger charge is 2.15. The third-order valence-corrected chi connectivity index (χ3v) is 3.31. The molecule has 0 bridgehead atoms. The number of nitrogen functional groups attached to an aromatic ring is 1. The molecule has 0 spiro atoms. The number of ether oxygens (including phenoxy) is 1. The molecule has 20 heavy (non-hydrogen) atoms. The second-order valence-corrected chi connectivity index (χ2v) is 4.88. The summed E-state index contributed by atoms with van der Waals surface area (Å²) in [6.07, 6.45) is 2.50. The third kappa shape index (κ3) is 3.05. The summed E-state index contributed by atoms with van der Waals surface area (Å²) in [7, 11) is 0. The topological polar surface area (TPSA) is 73.1 Å². The van der Waals surface area contributed by atoms with Gasteiger partial charge in [0.05, 0.1) is 6.10 Å². The number of benzene rings is 1. The summed E-state index contributed by atoms with van der Waals surface area (Å²) < 4.78 is 5.58. The summed E-state index contributed by atoms with van der Waals surface area (Å²) in [5.74, 6) is 1.85. The van der Waals surface area contributed by atoms with Gasteiger partial charge >= 0.3 is 0 Å². The van der Waals surface area contributed by atoms with E-state index in [1.807, 2.05) is 30.3 Å². The maximum Gasteiger partial charge on any atom is 0.163 e. The fourth-order valence-corrected chi connectivity index (χ4v) is 2.30. The molecule has 1 aliphatic rings. The van der Waals surface area contributed by atoms with Crippen molar-refractivity contribution in [2.45, 2.75) is 18.9 Å². The van der Waals surface area contributed by atoms with Gasteiger partial charge in [0.1, 0.15) is 11.6 Å². The van der Waals surface area contributed by atoms with E-state index in [1.165, 1.54) is 0 Å². The molecule has 3 N–H and O–H groups in total. The molecule has 2 heterocycles. The Labute approximate surface area is 118 Å². The first kappa shape index (κ1) is 12.9. The second-order valence-electron chi connectivity index (χ2n) is 4.88. The number of nitrogens with zero attached hydrogens (tertiary/aromatic N) is 2. The standard InChI is InChI=1S/C15H18N4O/c16-13-9-14(17-10-12-7-4-8-20-12)19-15(18-13)11-5-2-1-3-6-11/h1-3,5-6,9,12H,4,7-8,10H2,(H3,16,17,18,19). The van der Waals surface area contributed by atoms with Crippen molar-refractivity contribution >= 4 is 11.6 Å². The molecule has 0 radical (unpaired) electrons. The molecule has 1 atom stereocenters. The van der Waals surface area contributed by atoms with Crippen LogP contribution in [0.4, 0.5) is 11.6 Å². The van der Waals surface area contributed by atoms with Crippen molar-refractivity contribution in [1.82, 2.24) is 9.97 Å². The van der Waals surface area contributed by atoms with Crippen molar-refractivity contribution in [3.05, 3.63) is 36.4 Å². The second kappa shape index (κ2) is 5.88. The summed E-state index contributed by atoms with van der Waals surface area (Å²) in [6, 6.07) is 11.6. The summed E-state index contributed by atoms with van der Waals surface area (Å²) in [6.45, 7) is 1.61. The fraction of sp³-hybridized carbons (Fsp3) is 0.333. The Bertz CT molecular complexity index is 567. The monoisotopic (exact) mass is 270 g/mol. The Hall–Kier alpha value is -2.14. The fourth-order valence-electron chi connectivity index (χ4n) is 2.30. The highest BCUT2D eigenvalue weighted by molar-refractivity contribution is 5.60. The van der Waals surface area contributed by atoms with Gasteiger partial charge in [-0.1, -0.05) is 30.3 Å². The average molecular weight is 270 g/mol. The van der Waals surface area contributed by atoms with Crippen LogP contribution in [0.15, 0.2) is 36.4 Å². The molecule has 1 fully saturated rings. The van der Waals surface area contributed by atoms with Gasteiger partial charge in [0.15, 0.2) is 5.82 Å². The van der Waals surface area contributed by atoms with Gasteiger partial charge in [-0.2, -0.15) is 0 Å². The predicted octanol–water partition coefficient (Wildman–Crippen LogP) is 2.32. The normalized spacial score (nSPS) is 18.1. The van der Waals surface area contributed by atoms with Crippen molar-refractivity contribution in [3.63, 3.8) is 0 Å². The molecule has 0 saturated carbocycles. The first-order valence-electron chi connectivity index (χ1n) is 6.87. The van der Waals surface area contributed by atoms with Crippen LogP contribution in [-0.2, 0) is 4.74 Å². The maximum absolute atomic E-state index is 5.86. The smallest absolute Gasteiger partial charge is 0.163 e. The largest absolute Gasteiger partial charge is 0.384 e. The molecule has 1 aromatic heterocycles. The summed E-state index contributed by atoms with van der Waals surface area (Å²) >= 11 is 0. The zero-order chi connectivity index (χ0) is 13.8. The van der Waals surface area contributed by atoms with E-state index in [0.717, 1.165) is 37.4 Å². The van der Waals surface area contributed by atoms with Crippen LogP contribution in [0.1, 0.15) is 12.8 Å². The van der Waals surface area contributed by atoms with Crippen LogP contribution in [0.3, 0.4) is 0 Å². The summed E-state index contributed by atoms with van der Waals surface area (Å²) in [4.78, 5) is 8.79. The minimum absolute atomic E-state index is 0.270. The molecule has 0 amide bonds. The molecule has 0 aliphatic carbocycles. The Balaban J connectivity index is 1.76. The molecule has 1 saturated heterocycles. The van der Waals surface area contributed by atoms with Crippen LogP contribution in [0.5, 0.6) is 0 Å². The predicted molar refractivity (Wildman–Crippen MR) is 79.3 cm³/mol. The van der Waals surface area contributed by atoms with E-state index in [2.05, 4.69) is 15.3 Å². The minimum Gasteiger partial charge on any atom is -0.384 e. The first-order chi connectivity index (χ1) is 9.81. The first-order valence-corrected chi connectivity index (χ1v) is 6.87. The molecule has 1 aliphatic heterocycles. The lowest BCUT2D eigenvalue weighted by Gasteiger charge is -2.12. The highest BCUT2D eigenvalue weighted by Crippen LogP contribution is 2.19. The Morgan fingerprint density at radius 3 is 2.85 bits per heavy atom. The number of nitrogens with two attached hydrogens (primary N) is 1. The summed E-state index contributed by atoms with van der Waals surface area (Å²) in [5.41, 5.74) is 6.82. The lowest BCUT2D eigenvalue weighted by molar-refractivity contribution is 0.120. The van der Waals surface area contributed by atoms with Gasteiger partial charge in [0.25, 0.3) is 0 Å². The van der Waals surface area contributed by atoms with Crippen molar-refractivity contribution in [3.8, 4) is 11.4 Å². The molecular weight excluding hydrogens is 252 g/mol. The molecule has 2 aromatic rings. The van der Waals surface area contributed by atoms with Crippen LogP contribution >= 0.6 is 0 Å². The lowest BCUT2D eigenvalue weighted by Crippen LogP contribution is -2.19. The Kier molecular flexibility index (Phi) is 3.78. The van der Waals surface area contributed by atoms with E-state index in [9.17, 15) is 0 Å². The molecule has 5 heteroatoms. The van der Waals surface area contributed by atoms with Crippen molar-refractivity contribution < 1.29 is 4.74 Å². The number of hydrogen-bond donors (Lipinski definition) is 2. The third-order valence-electron chi connectivity index (χ3n) is 3.31. The molecule has 1 aromatic carbocycles. The van der Waals surface area contributed by atoms with Gasteiger partial charge in [-0.3, -0.25) is 0 Å². The highest BCUT2D eigenvalue weighted by atomic mass is 16.5. The van der Waals surface area contributed by atoms with Gasteiger partial charge in [0, 0.05) is 24.8 Å². The van der Waals surface area contributed by atoms with Gasteiger partial charge < -0.3 is 15.8 Å². The van der Waals surface area contributed by atoms with Crippen LogP contribution in [0.2, 0.25) is 0 Å². The van der Waals surface area contributed by atoms with Crippen LogP contribution in [0, 0.1) is 0 Å². The number of rotatable bonds is 4. The van der Waals surface area contributed by atoms with E-state index in [-0.39, 0.29) is 6.10 Å². The van der Waals surface area contributed by atoms with Gasteiger partial charge in [-0.15, -0.1) is 0 Å². The Morgan fingerprint density at radius 1 is 1.25 bits per heavy atom. The van der Waals surface area contributed by atoms with Gasteiger partial charge in [-0.25, -0.2) is 9.97 Å². The van der Waals surface area contributed by atoms with Crippen molar-refractivity contribution in [1.29, 1.82) is 0 Å². The van der Waals surface area contributed by atoms with Crippen molar-refractivity contribution in [2.75, 3.05) is 24.2 Å². The zero-order valence-electron chi connectivity index (χ0n) is 11.2. The van der Waals surface area contributed by atoms with E-state index in [1.54, 1.807) is 6.07 Å². The number of aromatic nitrogens is 2. The molecular formula is C15H18N4O. The Morgan fingerprint density at radius 2 is 2.10 bits per heavy atom. The molecule has 5 nitrogen and oxygen atoms in total. The van der Waals surface area contributed by atoms with Crippen molar-refractivity contribution in [2.24, 2.45) is 0 Å². The maximum atomic E-state index is 5.86. The average Bonchev–Trinajstić information content (AvgIpc) is 2.99. The number of hydrogen-bond acceptors (Lipinski definition) is 5. The molecule has 1 unspecified atom stereocenters. The van der Waals surface area contributed by atoms with Gasteiger partial charge in [0.2, 0.25) is 0 Å². The number of anilines is 2. The SMILES string of the molecule is Nc1cc(NCC2CCCO2)nc(-c2ccccc2)n1. The lowest BCUT2D eigenvalue weighted by atomic mass is 10.2. The van der Waals surface area contributed by atoms with E-state index >= 15 is 0 Å². The summed E-state index contributed by atoms with van der Waals surface area (Å²) in [5, 5.41) is 3.28. The molecule has 3 rings (SSSR count). The minimum atomic E-state index is 0.270. The van der Waals surface area contributed by atoms with Gasteiger partial charge in [-0.05, 0) is 12.8 Å². The van der Waals surface area contributed by atoms with E-state index in [4.69, 9.17) is 10.5 Å². The zero-order valence-corrected chi connectivity index (χ0v) is 11.2. The van der Waals surface area contributed by atoms with E-state index in [0.29, 0.717) is 11.6 Å². The quantitative estimate of drug-likeness (QED) is 0.892. The number of nitrogens with one attached hydrogen (secondary N) is 1. The van der Waals surface area contributed by atoms with Crippen LogP contribution < -0.4 is 11.1 Å².